The number of amidine groups is 1. The summed E-state index contributed by atoms with van der Waals surface area (Å²) < 4.78 is 5.35. The lowest BCUT2D eigenvalue weighted by molar-refractivity contribution is 0.414. The third kappa shape index (κ3) is 3.06. The molecule has 32 heavy (non-hydrogen) atoms. The van der Waals surface area contributed by atoms with Gasteiger partial charge in [0.15, 0.2) is 11.5 Å². The normalized spacial score (nSPS) is 21.9. The molecule has 3 heterocycles. The predicted octanol–water partition coefficient (Wildman–Crippen LogP) is 2.58. The van der Waals surface area contributed by atoms with Crippen LogP contribution >= 0.6 is 0 Å². The van der Waals surface area contributed by atoms with Crippen molar-refractivity contribution >= 4 is 11.8 Å². The average molecular weight is 423 g/mol. The van der Waals surface area contributed by atoms with Crippen molar-refractivity contribution in [2.24, 2.45) is 21.6 Å². The Morgan fingerprint density at radius 2 is 1.88 bits per heavy atom. The second-order valence-electron chi connectivity index (χ2n) is 7.72. The van der Waals surface area contributed by atoms with Gasteiger partial charge in [0.2, 0.25) is 0 Å². The van der Waals surface area contributed by atoms with E-state index in [0.717, 1.165) is 33.8 Å². The smallest absolute Gasteiger partial charge is 0.198 e. The van der Waals surface area contributed by atoms with Gasteiger partial charge in [-0.1, -0.05) is 30.3 Å². The molecule has 0 fully saturated rings. The summed E-state index contributed by atoms with van der Waals surface area (Å²) >= 11 is 0. The number of aromatic nitrogens is 2. The molecule has 0 aliphatic carbocycles. The quantitative estimate of drug-likeness (QED) is 0.690. The van der Waals surface area contributed by atoms with Gasteiger partial charge in [-0.05, 0) is 34.9 Å². The molecular formula is C24H21N7O. The number of aliphatic imine (C=N–C) groups is 2. The zero-order chi connectivity index (χ0) is 22.1. The Hall–Kier alpha value is -4.25. The van der Waals surface area contributed by atoms with Crippen LogP contribution in [-0.2, 0) is 5.54 Å². The van der Waals surface area contributed by atoms with Crippen LogP contribution in [0.15, 0.2) is 77.2 Å². The van der Waals surface area contributed by atoms with Crippen LogP contribution in [0.2, 0.25) is 0 Å². The molecule has 0 saturated carbocycles. The summed E-state index contributed by atoms with van der Waals surface area (Å²) in [5.41, 5.74) is 9.18. The molecule has 0 spiro atoms. The number of nitriles is 1. The molecule has 0 bridgehead atoms. The Morgan fingerprint density at radius 1 is 1.09 bits per heavy atom. The standard InChI is InChI=1S/C24H21N7O/c1-32-21-7-5-19(6-8-21)24(22-29-11-16(10-25)14-31(22)23(26)30-24)20-4-2-3-17(9-20)18-12-27-15-28-13-18/h2-9,12-13,15-16H,11,14H2,1H3,(H2,26,30). The molecule has 8 heteroatoms. The van der Waals surface area contributed by atoms with Crippen LogP contribution < -0.4 is 10.5 Å². The summed E-state index contributed by atoms with van der Waals surface area (Å²) in [5.74, 6) is 1.61. The van der Waals surface area contributed by atoms with Crippen LogP contribution in [0.5, 0.6) is 5.75 Å². The molecule has 5 rings (SSSR count). The second-order valence-corrected chi connectivity index (χ2v) is 7.72. The second kappa shape index (κ2) is 7.78. The molecule has 2 aromatic carbocycles. The summed E-state index contributed by atoms with van der Waals surface area (Å²) in [6, 6.07) is 18.2. The number of nitrogens with zero attached hydrogens (tertiary/aromatic N) is 6. The molecule has 0 saturated heterocycles. The maximum atomic E-state index is 9.43. The fourth-order valence-electron chi connectivity index (χ4n) is 4.28. The number of methoxy groups -OCH3 is 1. The molecule has 2 unspecified atom stereocenters. The van der Waals surface area contributed by atoms with Gasteiger partial charge in [-0.25, -0.2) is 15.0 Å². The minimum Gasteiger partial charge on any atom is -0.497 e. The first-order chi connectivity index (χ1) is 15.7. The molecule has 1 aromatic heterocycles. The summed E-state index contributed by atoms with van der Waals surface area (Å²) in [4.78, 5) is 19.9. The van der Waals surface area contributed by atoms with Crippen molar-refractivity contribution in [3.63, 3.8) is 0 Å². The highest BCUT2D eigenvalue weighted by Crippen LogP contribution is 2.43. The molecular weight excluding hydrogens is 402 g/mol. The Kier molecular flexibility index (Phi) is 4.79. The van der Waals surface area contributed by atoms with Crippen LogP contribution in [-0.4, -0.2) is 46.9 Å². The van der Waals surface area contributed by atoms with E-state index in [-0.39, 0.29) is 5.92 Å². The highest BCUT2D eigenvalue weighted by Gasteiger charge is 2.50. The van der Waals surface area contributed by atoms with Crippen molar-refractivity contribution in [1.29, 1.82) is 5.26 Å². The van der Waals surface area contributed by atoms with Crippen molar-refractivity contribution in [1.82, 2.24) is 14.9 Å². The minimum atomic E-state index is -0.928. The molecule has 2 N–H and O–H groups in total. The van der Waals surface area contributed by atoms with Gasteiger partial charge in [-0.2, -0.15) is 5.26 Å². The Morgan fingerprint density at radius 3 is 2.59 bits per heavy atom. The van der Waals surface area contributed by atoms with Crippen molar-refractivity contribution in [2.45, 2.75) is 5.54 Å². The van der Waals surface area contributed by atoms with E-state index in [1.807, 2.05) is 47.4 Å². The van der Waals surface area contributed by atoms with Crippen molar-refractivity contribution in [3.05, 3.63) is 78.4 Å². The zero-order valence-electron chi connectivity index (χ0n) is 17.5. The number of hydrogen-bond donors (Lipinski definition) is 1. The lowest BCUT2D eigenvalue weighted by atomic mass is 9.80. The van der Waals surface area contributed by atoms with E-state index in [1.54, 1.807) is 19.5 Å². The average Bonchev–Trinajstić information content (AvgIpc) is 3.17. The van der Waals surface area contributed by atoms with Crippen LogP contribution in [0.4, 0.5) is 0 Å². The molecule has 2 aliphatic heterocycles. The van der Waals surface area contributed by atoms with E-state index in [0.29, 0.717) is 19.0 Å². The van der Waals surface area contributed by atoms with Crippen LogP contribution in [0.25, 0.3) is 11.1 Å². The SMILES string of the molecule is COc1ccc(C2(c3cccc(-c4cncnc4)c3)N=C(N)N3CC(C#N)CN=C32)cc1. The number of guanidine groups is 1. The molecule has 158 valence electrons. The van der Waals surface area contributed by atoms with Gasteiger partial charge in [0.25, 0.3) is 0 Å². The van der Waals surface area contributed by atoms with Gasteiger partial charge in [0.1, 0.15) is 17.9 Å². The molecule has 3 aromatic rings. The highest BCUT2D eigenvalue weighted by molar-refractivity contribution is 6.12. The number of fused-ring (bicyclic) bond motifs is 1. The van der Waals surface area contributed by atoms with Gasteiger partial charge >= 0.3 is 0 Å². The Labute approximate surface area is 185 Å². The third-order valence-electron chi connectivity index (χ3n) is 5.87. The van der Waals surface area contributed by atoms with Gasteiger partial charge in [0, 0.05) is 24.5 Å². The fraction of sp³-hybridized carbons (Fsp3) is 0.208. The number of ether oxygens (including phenoxy) is 1. The van der Waals surface area contributed by atoms with Crippen LogP contribution in [0, 0.1) is 17.2 Å². The van der Waals surface area contributed by atoms with Gasteiger partial charge in [0.05, 0.1) is 25.6 Å². The van der Waals surface area contributed by atoms with Gasteiger partial charge in [-0.3, -0.25) is 9.89 Å². The number of hydrogen-bond acceptors (Lipinski definition) is 8. The molecule has 2 atom stereocenters. The molecule has 0 amide bonds. The zero-order valence-corrected chi connectivity index (χ0v) is 17.5. The first kappa shape index (κ1) is 19.7. The summed E-state index contributed by atoms with van der Waals surface area (Å²) in [6.45, 7) is 0.879. The maximum absolute atomic E-state index is 9.43. The monoisotopic (exact) mass is 423 g/mol. The Bertz CT molecular complexity index is 1250. The number of nitrogens with two attached hydrogens (primary N) is 1. The van der Waals surface area contributed by atoms with E-state index >= 15 is 0 Å². The van der Waals surface area contributed by atoms with Crippen LogP contribution in [0.1, 0.15) is 11.1 Å². The first-order valence-corrected chi connectivity index (χ1v) is 10.2. The highest BCUT2D eigenvalue weighted by atomic mass is 16.5. The van der Waals surface area contributed by atoms with E-state index in [1.165, 1.54) is 6.33 Å². The van der Waals surface area contributed by atoms with Gasteiger partial charge < -0.3 is 10.5 Å². The first-order valence-electron chi connectivity index (χ1n) is 10.2. The van der Waals surface area contributed by atoms with Crippen molar-refractivity contribution < 1.29 is 4.74 Å². The molecule has 8 nitrogen and oxygen atoms in total. The van der Waals surface area contributed by atoms with E-state index < -0.39 is 5.54 Å². The lowest BCUT2D eigenvalue weighted by Gasteiger charge is -2.34. The van der Waals surface area contributed by atoms with E-state index in [2.05, 4.69) is 22.1 Å². The number of benzene rings is 2. The maximum Gasteiger partial charge on any atom is 0.198 e. The summed E-state index contributed by atoms with van der Waals surface area (Å²) in [6.07, 6.45) is 5.06. The van der Waals surface area contributed by atoms with Crippen LogP contribution in [0.3, 0.4) is 0 Å². The molecule has 0 radical (unpaired) electrons. The lowest BCUT2D eigenvalue weighted by Crippen LogP contribution is -2.48. The number of rotatable bonds is 4. The minimum absolute atomic E-state index is 0.230. The third-order valence-corrected chi connectivity index (χ3v) is 5.87. The molecule has 2 aliphatic rings. The van der Waals surface area contributed by atoms with E-state index in [4.69, 9.17) is 20.5 Å². The largest absolute Gasteiger partial charge is 0.497 e. The van der Waals surface area contributed by atoms with Crippen molar-refractivity contribution in [2.75, 3.05) is 20.2 Å². The summed E-state index contributed by atoms with van der Waals surface area (Å²) in [7, 11) is 1.64. The van der Waals surface area contributed by atoms with E-state index in [9.17, 15) is 5.26 Å². The van der Waals surface area contributed by atoms with Crippen molar-refractivity contribution in [3.8, 4) is 22.9 Å². The summed E-state index contributed by atoms with van der Waals surface area (Å²) in [5, 5.41) is 9.43. The fourth-order valence-corrected chi connectivity index (χ4v) is 4.28. The van der Waals surface area contributed by atoms with Gasteiger partial charge in [-0.15, -0.1) is 0 Å². The predicted molar refractivity (Wildman–Crippen MR) is 121 cm³/mol. The topological polar surface area (TPSA) is 113 Å². The Balaban J connectivity index is 1.72.